The van der Waals surface area contributed by atoms with E-state index in [1.165, 1.54) is 16.7 Å². The highest BCUT2D eigenvalue weighted by Crippen LogP contribution is 2.22. The zero-order valence-electron chi connectivity index (χ0n) is 11.7. The molecule has 2 aromatic carbocycles. The summed E-state index contributed by atoms with van der Waals surface area (Å²) in [6.07, 6.45) is 1.96. The number of benzene rings is 2. The molecule has 0 aliphatic carbocycles. The van der Waals surface area contributed by atoms with E-state index in [0.29, 0.717) is 0 Å². The van der Waals surface area contributed by atoms with E-state index in [0.717, 1.165) is 24.3 Å². The molecule has 2 rings (SSSR count). The first kappa shape index (κ1) is 13.5. The molecule has 0 unspecified atom stereocenters. The van der Waals surface area contributed by atoms with Gasteiger partial charge in [0.05, 0.1) is 14.2 Å². The molecule has 0 aromatic heterocycles. The molecule has 0 saturated carbocycles. The third-order valence-corrected chi connectivity index (χ3v) is 3.36. The number of methoxy groups -OCH3 is 2. The fourth-order valence-electron chi connectivity index (χ4n) is 2.14. The van der Waals surface area contributed by atoms with E-state index in [2.05, 4.69) is 25.1 Å². The predicted octanol–water partition coefficient (Wildman–Crippen LogP) is 3.60. The maximum absolute atomic E-state index is 5.33. The van der Waals surface area contributed by atoms with Gasteiger partial charge in [-0.1, -0.05) is 18.2 Å². The van der Waals surface area contributed by atoms with Gasteiger partial charge in [0.15, 0.2) is 0 Å². The largest absolute Gasteiger partial charge is 0.497 e. The number of hydrogen-bond donors (Lipinski definition) is 0. The summed E-state index contributed by atoms with van der Waals surface area (Å²) in [6.45, 7) is 2.08. The molecule has 2 aromatic rings. The second kappa shape index (κ2) is 6.28. The number of aryl methyl sites for hydroxylation is 2. The lowest BCUT2D eigenvalue weighted by Gasteiger charge is -2.10. The summed E-state index contributed by atoms with van der Waals surface area (Å²) in [5, 5.41) is 0. The molecule has 19 heavy (non-hydrogen) atoms. The first-order chi connectivity index (χ1) is 9.24. The van der Waals surface area contributed by atoms with E-state index in [-0.39, 0.29) is 0 Å². The Labute approximate surface area is 115 Å². The minimum atomic E-state index is 0.896. The predicted molar refractivity (Wildman–Crippen MR) is 77.0 cm³/mol. The first-order valence-electron chi connectivity index (χ1n) is 6.41. The molecule has 99 valence electrons. The molecule has 1 radical (unpaired) electrons. The Morgan fingerprint density at radius 1 is 0.947 bits per heavy atom. The van der Waals surface area contributed by atoms with Crippen molar-refractivity contribution >= 4 is 0 Å². The van der Waals surface area contributed by atoms with Crippen LogP contribution in [-0.4, -0.2) is 14.2 Å². The van der Waals surface area contributed by atoms with Crippen molar-refractivity contribution < 1.29 is 9.47 Å². The smallest absolute Gasteiger partial charge is 0.122 e. The minimum Gasteiger partial charge on any atom is -0.497 e. The molecular weight excluding hydrogens is 236 g/mol. The average molecular weight is 255 g/mol. The van der Waals surface area contributed by atoms with Gasteiger partial charge in [0.2, 0.25) is 0 Å². The fraction of sp³-hybridized carbons (Fsp3) is 0.294. The van der Waals surface area contributed by atoms with E-state index >= 15 is 0 Å². The van der Waals surface area contributed by atoms with Crippen LogP contribution in [0.15, 0.2) is 36.4 Å². The van der Waals surface area contributed by atoms with Gasteiger partial charge in [-0.15, -0.1) is 0 Å². The molecule has 0 spiro atoms. The molecule has 0 atom stereocenters. The summed E-state index contributed by atoms with van der Waals surface area (Å²) in [4.78, 5) is 0. The molecule has 0 fully saturated rings. The summed E-state index contributed by atoms with van der Waals surface area (Å²) in [5.41, 5.74) is 3.70. The maximum Gasteiger partial charge on any atom is 0.122 e. The normalized spacial score (nSPS) is 10.3. The molecular formula is C17H19O2. The van der Waals surface area contributed by atoms with Gasteiger partial charge >= 0.3 is 0 Å². The zero-order valence-corrected chi connectivity index (χ0v) is 11.7. The van der Waals surface area contributed by atoms with Crippen molar-refractivity contribution in [1.29, 1.82) is 0 Å². The van der Waals surface area contributed by atoms with Gasteiger partial charge < -0.3 is 9.47 Å². The molecule has 0 aliphatic rings. The number of hydrogen-bond acceptors (Lipinski definition) is 2. The van der Waals surface area contributed by atoms with Crippen LogP contribution < -0.4 is 9.47 Å². The van der Waals surface area contributed by atoms with E-state index < -0.39 is 0 Å². The van der Waals surface area contributed by atoms with Gasteiger partial charge in [-0.2, -0.15) is 0 Å². The Balaban J connectivity index is 2.05. The van der Waals surface area contributed by atoms with E-state index in [4.69, 9.17) is 9.47 Å². The highest BCUT2D eigenvalue weighted by molar-refractivity contribution is 5.39. The molecule has 0 N–H and O–H groups in total. The maximum atomic E-state index is 5.33. The third-order valence-electron chi connectivity index (χ3n) is 3.36. The third kappa shape index (κ3) is 3.28. The van der Waals surface area contributed by atoms with Gasteiger partial charge in [-0.05, 0) is 60.7 Å². The van der Waals surface area contributed by atoms with Crippen LogP contribution in [0.2, 0.25) is 0 Å². The molecule has 0 aliphatic heterocycles. The topological polar surface area (TPSA) is 18.5 Å². The van der Waals surface area contributed by atoms with Crippen molar-refractivity contribution in [3.63, 3.8) is 0 Å². The fourth-order valence-corrected chi connectivity index (χ4v) is 2.14. The molecule has 0 amide bonds. The van der Waals surface area contributed by atoms with Crippen LogP contribution in [0, 0.1) is 13.0 Å². The van der Waals surface area contributed by atoms with Gasteiger partial charge in [0.1, 0.15) is 11.5 Å². The summed E-state index contributed by atoms with van der Waals surface area (Å²) >= 11 is 0. The second-order valence-electron chi connectivity index (χ2n) is 4.50. The number of rotatable bonds is 5. The quantitative estimate of drug-likeness (QED) is 0.812. The summed E-state index contributed by atoms with van der Waals surface area (Å²) in [5.74, 6) is 1.83. The van der Waals surface area contributed by atoms with Crippen LogP contribution in [0.3, 0.4) is 0 Å². The molecule has 0 bridgehead atoms. The highest BCUT2D eigenvalue weighted by Gasteiger charge is 2.04. The summed E-state index contributed by atoms with van der Waals surface area (Å²) in [6, 6.07) is 15.4. The minimum absolute atomic E-state index is 0.896. The monoisotopic (exact) mass is 255 g/mol. The number of ether oxygens (including phenoxy) is 2. The summed E-state index contributed by atoms with van der Waals surface area (Å²) < 4.78 is 10.5. The second-order valence-corrected chi connectivity index (χ2v) is 4.50. The van der Waals surface area contributed by atoms with E-state index in [1.807, 2.05) is 24.3 Å². The highest BCUT2D eigenvalue weighted by atomic mass is 16.5. The van der Waals surface area contributed by atoms with Crippen LogP contribution in [0.4, 0.5) is 0 Å². The Bertz CT molecular complexity index is 529. The van der Waals surface area contributed by atoms with Crippen molar-refractivity contribution in [3.05, 3.63) is 59.2 Å². The molecule has 2 nitrogen and oxygen atoms in total. The van der Waals surface area contributed by atoms with Crippen LogP contribution in [0.5, 0.6) is 11.5 Å². The van der Waals surface area contributed by atoms with Crippen molar-refractivity contribution in [2.24, 2.45) is 0 Å². The van der Waals surface area contributed by atoms with Crippen molar-refractivity contribution in [1.82, 2.24) is 0 Å². The Morgan fingerprint density at radius 2 is 1.68 bits per heavy atom. The van der Waals surface area contributed by atoms with Crippen LogP contribution in [-0.2, 0) is 12.8 Å². The van der Waals surface area contributed by atoms with E-state index in [9.17, 15) is 0 Å². The summed E-state index contributed by atoms with van der Waals surface area (Å²) in [7, 11) is 3.39. The van der Waals surface area contributed by atoms with Crippen LogP contribution >= 0.6 is 0 Å². The Kier molecular flexibility index (Phi) is 4.45. The van der Waals surface area contributed by atoms with Crippen molar-refractivity contribution in [2.45, 2.75) is 19.8 Å². The Hall–Kier alpha value is -1.96. The van der Waals surface area contributed by atoms with Crippen molar-refractivity contribution in [3.8, 4) is 11.5 Å². The van der Waals surface area contributed by atoms with Gasteiger partial charge in [-0.25, -0.2) is 0 Å². The zero-order chi connectivity index (χ0) is 13.7. The Morgan fingerprint density at radius 3 is 2.32 bits per heavy atom. The standard InChI is InChI=1S/C17H19O2/c1-13-15(5-4-6-17(13)19-3)10-7-14-8-11-16(18-2)12-9-14/h4,6,8-9,11-12H,7,10H2,1-3H3. The van der Waals surface area contributed by atoms with Gasteiger partial charge in [0.25, 0.3) is 0 Å². The van der Waals surface area contributed by atoms with Crippen LogP contribution in [0.25, 0.3) is 0 Å². The van der Waals surface area contributed by atoms with Gasteiger partial charge in [0, 0.05) is 0 Å². The molecule has 0 heterocycles. The SMILES string of the molecule is COc1ccc(CCc2[c]ccc(OC)c2C)cc1. The van der Waals surface area contributed by atoms with Crippen molar-refractivity contribution in [2.75, 3.05) is 14.2 Å². The lowest BCUT2D eigenvalue weighted by molar-refractivity contribution is 0.411. The lowest BCUT2D eigenvalue weighted by atomic mass is 10.00. The van der Waals surface area contributed by atoms with E-state index in [1.54, 1.807) is 14.2 Å². The molecule has 2 heteroatoms. The average Bonchev–Trinajstić information content (AvgIpc) is 2.47. The van der Waals surface area contributed by atoms with Gasteiger partial charge in [-0.3, -0.25) is 0 Å². The lowest BCUT2D eigenvalue weighted by Crippen LogP contribution is -1.97. The van der Waals surface area contributed by atoms with Crippen LogP contribution in [0.1, 0.15) is 16.7 Å². The first-order valence-corrected chi connectivity index (χ1v) is 6.41. The molecule has 0 saturated heterocycles.